The van der Waals surface area contributed by atoms with Crippen LogP contribution in [0.2, 0.25) is 0 Å². The highest BCUT2D eigenvalue weighted by molar-refractivity contribution is 9.09. The zero-order valence-corrected chi connectivity index (χ0v) is 14.4. The van der Waals surface area contributed by atoms with Gasteiger partial charge in [-0.3, -0.25) is 0 Å². The summed E-state index contributed by atoms with van der Waals surface area (Å²) in [6.07, 6.45) is 2.53. The van der Waals surface area contributed by atoms with Crippen molar-refractivity contribution in [3.05, 3.63) is 41.0 Å². The summed E-state index contributed by atoms with van der Waals surface area (Å²) in [5, 5.41) is 0.844. The molecule has 1 aliphatic carbocycles. The van der Waals surface area contributed by atoms with Crippen molar-refractivity contribution in [1.82, 2.24) is 0 Å². The first-order valence-electron chi connectivity index (χ1n) is 7.09. The third-order valence-electron chi connectivity index (χ3n) is 4.74. The van der Waals surface area contributed by atoms with Crippen LogP contribution in [0.3, 0.4) is 0 Å². The van der Waals surface area contributed by atoms with Crippen LogP contribution in [0.5, 0.6) is 0 Å². The van der Waals surface area contributed by atoms with Gasteiger partial charge in [-0.1, -0.05) is 62.3 Å². The Morgan fingerprint density at radius 2 is 1.58 bits per heavy atom. The van der Waals surface area contributed by atoms with Gasteiger partial charge < -0.3 is 0 Å². The fourth-order valence-electron chi connectivity index (χ4n) is 3.18. The number of hydrogen-bond donors (Lipinski definition) is 0. The summed E-state index contributed by atoms with van der Waals surface area (Å²) in [5.41, 5.74) is 7.48. The molecule has 0 amide bonds. The van der Waals surface area contributed by atoms with Gasteiger partial charge in [0.1, 0.15) is 0 Å². The van der Waals surface area contributed by atoms with Gasteiger partial charge in [-0.2, -0.15) is 0 Å². The summed E-state index contributed by atoms with van der Waals surface area (Å²) in [6, 6.07) is 4.80. The average Bonchev–Trinajstić information content (AvgIpc) is 2.34. The molecule has 19 heavy (non-hydrogen) atoms. The Morgan fingerprint density at radius 3 is 2.05 bits per heavy atom. The molecule has 1 aromatic rings. The largest absolute Gasteiger partial charge is 0.0944 e. The number of aryl methyl sites for hydroxylation is 1. The molecule has 0 atom stereocenters. The Labute approximate surface area is 126 Å². The lowest BCUT2D eigenvalue weighted by Gasteiger charge is -2.42. The van der Waals surface area contributed by atoms with Crippen LogP contribution in [0.25, 0.3) is 5.57 Å². The first-order chi connectivity index (χ1) is 8.69. The summed E-state index contributed by atoms with van der Waals surface area (Å²) in [4.78, 5) is 0. The minimum atomic E-state index is 0.278. The highest BCUT2D eigenvalue weighted by Crippen LogP contribution is 2.47. The number of rotatable bonds is 2. The van der Waals surface area contributed by atoms with E-state index in [0.29, 0.717) is 5.41 Å². The highest BCUT2D eigenvalue weighted by atomic mass is 79.9. The molecule has 0 saturated carbocycles. The van der Waals surface area contributed by atoms with E-state index in [1.54, 1.807) is 0 Å². The highest BCUT2D eigenvalue weighted by Gasteiger charge is 2.37. The normalized spacial score (nSPS) is 19.9. The number of fused-ring (bicyclic) bond motifs is 1. The molecule has 0 fully saturated rings. The van der Waals surface area contributed by atoms with Crippen LogP contribution in [-0.2, 0) is 10.8 Å². The van der Waals surface area contributed by atoms with Gasteiger partial charge in [-0.25, -0.2) is 0 Å². The fraction of sp³-hybridized carbons (Fsp3) is 0.556. The Balaban J connectivity index is 2.68. The first kappa shape index (κ1) is 14.8. The van der Waals surface area contributed by atoms with E-state index in [1.807, 2.05) is 0 Å². The van der Waals surface area contributed by atoms with Crippen molar-refractivity contribution in [3.8, 4) is 0 Å². The molecule has 0 bridgehead atoms. The monoisotopic (exact) mass is 320 g/mol. The van der Waals surface area contributed by atoms with Gasteiger partial charge in [0.25, 0.3) is 0 Å². The van der Waals surface area contributed by atoms with E-state index in [2.05, 4.69) is 69.3 Å². The van der Waals surface area contributed by atoms with Crippen LogP contribution >= 0.6 is 15.9 Å². The molecule has 0 spiro atoms. The van der Waals surface area contributed by atoms with Gasteiger partial charge >= 0.3 is 0 Å². The minimum absolute atomic E-state index is 0.278. The summed E-state index contributed by atoms with van der Waals surface area (Å²) in [6.45, 7) is 15.9. The van der Waals surface area contributed by atoms with E-state index in [0.717, 1.165) is 5.33 Å². The molecule has 0 N–H and O–H groups in total. The second kappa shape index (κ2) is 4.77. The molecule has 104 valence electrons. The number of halogens is 1. The lowest BCUT2D eigenvalue weighted by molar-refractivity contribution is 0.331. The second-order valence-corrected chi connectivity index (χ2v) is 7.78. The van der Waals surface area contributed by atoms with Crippen molar-refractivity contribution in [2.24, 2.45) is 0 Å². The topological polar surface area (TPSA) is 0 Å². The Hall–Kier alpha value is -0.560. The lowest BCUT2D eigenvalue weighted by atomic mass is 9.62. The average molecular weight is 321 g/mol. The lowest BCUT2D eigenvalue weighted by Crippen LogP contribution is -2.34. The van der Waals surface area contributed by atoms with E-state index in [4.69, 9.17) is 0 Å². The molecule has 0 nitrogen and oxygen atoms in total. The van der Waals surface area contributed by atoms with Crippen molar-refractivity contribution in [2.75, 3.05) is 5.33 Å². The van der Waals surface area contributed by atoms with Crippen molar-refractivity contribution in [1.29, 1.82) is 0 Å². The Kier molecular flexibility index (Phi) is 3.72. The van der Waals surface area contributed by atoms with E-state index in [9.17, 15) is 0 Å². The minimum Gasteiger partial charge on any atom is -0.0944 e. The summed E-state index contributed by atoms with van der Waals surface area (Å²) in [7, 11) is 0. The fourth-order valence-corrected chi connectivity index (χ4v) is 3.48. The molecule has 0 saturated heterocycles. The Bertz CT molecular complexity index is 521. The molecular weight excluding hydrogens is 296 g/mol. The zero-order chi connectivity index (χ0) is 14.4. The van der Waals surface area contributed by atoms with E-state index in [-0.39, 0.29) is 5.41 Å². The maximum atomic E-state index is 4.19. The maximum absolute atomic E-state index is 4.19. The van der Waals surface area contributed by atoms with Gasteiger partial charge in [-0.15, -0.1) is 0 Å². The van der Waals surface area contributed by atoms with Crippen LogP contribution in [0.1, 0.15) is 62.8 Å². The van der Waals surface area contributed by atoms with Crippen LogP contribution < -0.4 is 0 Å². The van der Waals surface area contributed by atoms with Gasteiger partial charge in [0.05, 0.1) is 0 Å². The molecule has 0 heterocycles. The van der Waals surface area contributed by atoms with Crippen molar-refractivity contribution in [3.63, 3.8) is 0 Å². The van der Waals surface area contributed by atoms with Crippen molar-refractivity contribution < 1.29 is 0 Å². The number of benzene rings is 1. The van der Waals surface area contributed by atoms with Gasteiger partial charge in [0, 0.05) is 5.33 Å². The van der Waals surface area contributed by atoms with Crippen molar-refractivity contribution in [2.45, 2.75) is 58.3 Å². The molecule has 0 aliphatic heterocycles. The van der Waals surface area contributed by atoms with E-state index < -0.39 is 0 Å². The van der Waals surface area contributed by atoms with Crippen LogP contribution in [-0.4, -0.2) is 5.33 Å². The smallest absolute Gasteiger partial charge is 0.0283 e. The van der Waals surface area contributed by atoms with E-state index >= 15 is 0 Å². The predicted octanol–water partition coefficient (Wildman–Crippen LogP) is 5.75. The SMILES string of the molecule is C=C(CBr)c1cc2c(cc1C)C(C)(C)CCC2(C)C. The molecule has 2 rings (SSSR count). The Morgan fingerprint density at radius 1 is 1.11 bits per heavy atom. The van der Waals surface area contributed by atoms with E-state index in [1.165, 1.54) is 40.7 Å². The van der Waals surface area contributed by atoms with Crippen molar-refractivity contribution >= 4 is 21.5 Å². The molecule has 1 aliphatic rings. The molecule has 0 radical (unpaired) electrons. The quantitative estimate of drug-likeness (QED) is 0.608. The molecule has 0 unspecified atom stereocenters. The van der Waals surface area contributed by atoms with Crippen LogP contribution in [0.4, 0.5) is 0 Å². The third kappa shape index (κ3) is 2.54. The molecule has 0 aromatic heterocycles. The zero-order valence-electron chi connectivity index (χ0n) is 12.9. The van der Waals surface area contributed by atoms with Gasteiger partial charge in [0.15, 0.2) is 0 Å². The number of alkyl halides is 1. The summed E-state index contributed by atoms with van der Waals surface area (Å²) >= 11 is 3.53. The number of hydrogen-bond acceptors (Lipinski definition) is 0. The first-order valence-corrected chi connectivity index (χ1v) is 8.21. The summed E-state index contributed by atoms with van der Waals surface area (Å²) in [5.74, 6) is 0. The predicted molar refractivity (Wildman–Crippen MR) is 89.3 cm³/mol. The standard InChI is InChI=1S/C18H25Br/c1-12-9-15-16(10-14(12)13(2)11-19)18(5,6)8-7-17(15,3)4/h9-10H,2,7-8,11H2,1,3-6H3. The second-order valence-electron chi connectivity index (χ2n) is 7.22. The maximum Gasteiger partial charge on any atom is 0.0283 e. The van der Waals surface area contributed by atoms with Gasteiger partial charge in [-0.05, 0) is 58.4 Å². The number of allylic oxidation sites excluding steroid dienone is 1. The van der Waals surface area contributed by atoms with Crippen LogP contribution in [0.15, 0.2) is 18.7 Å². The molecule has 1 aromatic carbocycles. The molecule has 1 heteroatoms. The van der Waals surface area contributed by atoms with Gasteiger partial charge in [0.2, 0.25) is 0 Å². The molecular formula is C18H25Br. The summed E-state index contributed by atoms with van der Waals surface area (Å²) < 4.78 is 0. The van der Waals surface area contributed by atoms with Crippen LogP contribution in [0, 0.1) is 6.92 Å². The third-order valence-corrected chi connectivity index (χ3v) is 5.42.